The number of alkyl halides is 3. The fraction of sp³-hybridized carbons (Fsp3) is 0.378. The molecule has 1 heterocycles. The van der Waals surface area contributed by atoms with Crippen molar-refractivity contribution < 1.29 is 29.2 Å². The summed E-state index contributed by atoms with van der Waals surface area (Å²) >= 11 is 0.433. The number of thioether (sulfide) groups is 1. The SMILES string of the molecule is [2H]C([2H])(Sc1nc(=O)c2c(n1C([2H])([2H])C(=O)N(CCN(CC)CC)C([2H])(C)c1ccc(-c3ccc(C(F)(F)F)cc3)cc1)CCC2)c1ccc(F)cc1. The monoisotopic (exact) mass is 685 g/mol. The van der Waals surface area contributed by atoms with Crippen LogP contribution in [0.25, 0.3) is 11.1 Å². The van der Waals surface area contributed by atoms with Crippen LogP contribution in [0.3, 0.4) is 0 Å². The van der Waals surface area contributed by atoms with E-state index < -0.39 is 47.2 Å². The molecule has 1 aromatic heterocycles. The van der Waals surface area contributed by atoms with E-state index in [1.165, 1.54) is 31.2 Å². The number of fused-ring (bicyclic) bond motifs is 1. The first-order valence-corrected chi connectivity index (χ1v) is 16.6. The molecular formula is C37H40F4N4O2S. The Hall–Kier alpha value is -3.96. The molecule has 0 saturated heterocycles. The molecule has 11 heteroatoms. The van der Waals surface area contributed by atoms with Crippen LogP contribution in [0.5, 0.6) is 0 Å². The molecule has 48 heavy (non-hydrogen) atoms. The van der Waals surface area contributed by atoms with Gasteiger partial charge in [0.15, 0.2) is 5.16 Å². The number of carbonyl (C=O) groups is 1. The van der Waals surface area contributed by atoms with Crippen molar-refractivity contribution in [2.45, 2.75) is 69.6 Å². The number of carbonyl (C=O) groups excluding carboxylic acids is 1. The number of aromatic nitrogens is 2. The lowest BCUT2D eigenvalue weighted by molar-refractivity contribution is -0.137. The van der Waals surface area contributed by atoms with Gasteiger partial charge >= 0.3 is 6.18 Å². The van der Waals surface area contributed by atoms with Crippen molar-refractivity contribution in [3.63, 3.8) is 0 Å². The maximum absolute atomic E-state index is 14.7. The topological polar surface area (TPSA) is 58.4 Å². The molecule has 0 N–H and O–H groups in total. The Morgan fingerprint density at radius 2 is 1.60 bits per heavy atom. The van der Waals surface area contributed by atoms with E-state index in [2.05, 4.69) is 4.98 Å². The predicted octanol–water partition coefficient (Wildman–Crippen LogP) is 7.78. The molecule has 4 aromatic rings. The summed E-state index contributed by atoms with van der Waals surface area (Å²) in [6.45, 7) is 3.83. The van der Waals surface area contributed by atoms with Crippen molar-refractivity contribution >= 4 is 17.7 Å². The molecule has 1 aliphatic carbocycles. The highest BCUT2D eigenvalue weighted by atomic mass is 32.2. The van der Waals surface area contributed by atoms with E-state index in [0.717, 1.165) is 33.7 Å². The third kappa shape index (κ3) is 8.36. The molecule has 1 unspecified atom stereocenters. The van der Waals surface area contributed by atoms with Gasteiger partial charge in [-0.1, -0.05) is 74.1 Å². The Balaban J connectivity index is 1.56. The number of nitrogens with zero attached hydrogens (tertiary/aromatic N) is 4. The van der Waals surface area contributed by atoms with Crippen molar-refractivity contribution in [2.24, 2.45) is 0 Å². The summed E-state index contributed by atoms with van der Waals surface area (Å²) in [5.41, 5.74) is -1.88. The van der Waals surface area contributed by atoms with Crippen LogP contribution in [0, 0.1) is 5.82 Å². The van der Waals surface area contributed by atoms with E-state index in [9.17, 15) is 31.3 Å². The number of hydrogen-bond donors (Lipinski definition) is 0. The average Bonchev–Trinajstić information content (AvgIpc) is 3.60. The first-order valence-electron chi connectivity index (χ1n) is 18.2. The molecule has 0 spiro atoms. The molecule has 0 radical (unpaired) electrons. The van der Waals surface area contributed by atoms with Crippen LogP contribution in [-0.4, -0.2) is 51.4 Å². The van der Waals surface area contributed by atoms with Gasteiger partial charge in [0.2, 0.25) is 5.91 Å². The average molecular weight is 686 g/mol. The summed E-state index contributed by atoms with van der Waals surface area (Å²) in [6.07, 6.45) is -3.46. The molecule has 0 fully saturated rings. The zero-order valence-corrected chi connectivity index (χ0v) is 27.7. The van der Waals surface area contributed by atoms with Crippen LogP contribution >= 0.6 is 11.8 Å². The molecule has 0 aliphatic heterocycles. The Labute approximate surface area is 289 Å². The van der Waals surface area contributed by atoms with Crippen LogP contribution in [0.15, 0.2) is 82.7 Å². The second-order valence-corrected chi connectivity index (χ2v) is 12.1. The number of likely N-dealkylation sites (N-methyl/N-ethyl adjacent to an activating group) is 1. The predicted molar refractivity (Wildman–Crippen MR) is 181 cm³/mol. The zero-order valence-electron chi connectivity index (χ0n) is 31.9. The highest BCUT2D eigenvalue weighted by Crippen LogP contribution is 2.32. The molecule has 254 valence electrons. The highest BCUT2D eigenvalue weighted by molar-refractivity contribution is 7.98. The van der Waals surface area contributed by atoms with E-state index in [1.807, 2.05) is 18.7 Å². The fourth-order valence-corrected chi connectivity index (χ4v) is 6.32. The van der Waals surface area contributed by atoms with Crippen LogP contribution in [0.2, 0.25) is 0 Å². The lowest BCUT2D eigenvalue weighted by atomic mass is 9.99. The molecule has 0 bridgehead atoms. The minimum absolute atomic E-state index is 0.0383. The fourth-order valence-electron chi connectivity index (χ4n) is 5.60. The number of halogens is 4. The second-order valence-electron chi connectivity index (χ2n) is 11.4. The molecule has 5 rings (SSSR count). The van der Waals surface area contributed by atoms with E-state index >= 15 is 0 Å². The van der Waals surface area contributed by atoms with Crippen molar-refractivity contribution in [3.05, 3.63) is 117 Å². The molecule has 0 saturated carbocycles. The zero-order chi connectivity index (χ0) is 38.9. The van der Waals surface area contributed by atoms with E-state index in [4.69, 9.17) is 2.74 Å². The standard InChI is InChI=1S/C37H40F4N4O2S/c1-4-43(5-2)21-22-44(25(3)27-11-13-28(14-12-27)29-15-17-30(18-16-29)37(39,40)41)34(46)23-45-33-8-6-7-32(33)35(47)42-36(45)48-24-26-9-19-31(38)20-10-26/h9-20,25H,4-8,21-24H2,1-3H3/i23D2,24D2,25D. The summed E-state index contributed by atoms with van der Waals surface area (Å²) < 4.78 is 99.9. The highest BCUT2D eigenvalue weighted by Gasteiger charge is 2.30. The van der Waals surface area contributed by atoms with Crippen molar-refractivity contribution in [2.75, 3.05) is 26.2 Å². The maximum atomic E-state index is 14.7. The first kappa shape index (κ1) is 29.0. The largest absolute Gasteiger partial charge is 0.416 e. The third-order valence-electron chi connectivity index (χ3n) is 8.45. The Morgan fingerprint density at radius 3 is 2.21 bits per heavy atom. The maximum Gasteiger partial charge on any atom is 0.416 e. The number of benzene rings is 3. The van der Waals surface area contributed by atoms with Gasteiger partial charge in [-0.2, -0.15) is 18.2 Å². The van der Waals surface area contributed by atoms with E-state index in [1.54, 1.807) is 24.3 Å². The van der Waals surface area contributed by atoms with Gasteiger partial charge in [0, 0.05) is 32.8 Å². The van der Waals surface area contributed by atoms with Crippen LogP contribution in [0.4, 0.5) is 17.6 Å². The Kier molecular flexibility index (Phi) is 9.37. The summed E-state index contributed by atoms with van der Waals surface area (Å²) in [6, 6.07) is 13.8. The van der Waals surface area contributed by atoms with Crippen LogP contribution < -0.4 is 5.56 Å². The van der Waals surface area contributed by atoms with Gasteiger partial charge in [0.1, 0.15) is 12.3 Å². The summed E-state index contributed by atoms with van der Waals surface area (Å²) in [4.78, 5) is 35.1. The second kappa shape index (κ2) is 15.5. The number of hydrogen-bond acceptors (Lipinski definition) is 5. The van der Waals surface area contributed by atoms with E-state index in [0.29, 0.717) is 60.9 Å². The van der Waals surface area contributed by atoms with Gasteiger partial charge in [0.25, 0.3) is 5.56 Å². The van der Waals surface area contributed by atoms with Gasteiger partial charge in [0.05, 0.1) is 15.7 Å². The van der Waals surface area contributed by atoms with Gasteiger partial charge < -0.3 is 14.4 Å². The van der Waals surface area contributed by atoms with Gasteiger partial charge in [-0.05, 0) is 85.8 Å². The first-order chi connectivity index (χ1) is 24.8. The minimum atomic E-state index is -4.49. The van der Waals surface area contributed by atoms with Crippen molar-refractivity contribution in [3.8, 4) is 11.1 Å². The molecule has 1 atom stereocenters. The number of amides is 1. The molecule has 1 amide bonds. The Bertz CT molecular complexity index is 1990. The van der Waals surface area contributed by atoms with Crippen LogP contribution in [-0.2, 0) is 36.0 Å². The van der Waals surface area contributed by atoms with Crippen molar-refractivity contribution in [1.29, 1.82) is 0 Å². The summed E-state index contributed by atoms with van der Waals surface area (Å²) in [7, 11) is 0. The molecule has 1 aliphatic rings. The molecule has 6 nitrogen and oxygen atoms in total. The summed E-state index contributed by atoms with van der Waals surface area (Å²) in [5, 5.41) is -0.375. The summed E-state index contributed by atoms with van der Waals surface area (Å²) in [5.74, 6) is -1.70. The quantitative estimate of drug-likeness (QED) is 0.0818. The van der Waals surface area contributed by atoms with Gasteiger partial charge in [-0.3, -0.25) is 9.59 Å². The minimum Gasteiger partial charge on any atom is -0.333 e. The van der Waals surface area contributed by atoms with Gasteiger partial charge in [-0.15, -0.1) is 0 Å². The lowest BCUT2D eigenvalue weighted by Gasteiger charge is -2.33. The normalized spacial score (nSPS) is 16.3. The molecule has 3 aromatic carbocycles. The van der Waals surface area contributed by atoms with Crippen molar-refractivity contribution in [1.82, 2.24) is 19.4 Å². The molecular weight excluding hydrogens is 640 g/mol. The van der Waals surface area contributed by atoms with Crippen LogP contribution in [0.1, 0.15) is 68.0 Å². The van der Waals surface area contributed by atoms with Gasteiger partial charge in [-0.25, -0.2) is 4.39 Å². The van der Waals surface area contributed by atoms with E-state index in [-0.39, 0.29) is 34.9 Å². The smallest absolute Gasteiger partial charge is 0.333 e. The number of rotatable bonds is 13. The lowest BCUT2D eigenvalue weighted by Crippen LogP contribution is -2.42. The Morgan fingerprint density at radius 1 is 0.979 bits per heavy atom. The third-order valence-corrected chi connectivity index (χ3v) is 9.24.